The van der Waals surface area contributed by atoms with E-state index < -0.39 is 6.04 Å². The number of anilines is 1. The number of nitrogens with zero attached hydrogens (tertiary/aromatic N) is 2. The Kier molecular flexibility index (Phi) is 5.57. The summed E-state index contributed by atoms with van der Waals surface area (Å²) in [4.78, 5) is 12.8. The highest BCUT2D eigenvalue weighted by Gasteiger charge is 2.23. The van der Waals surface area contributed by atoms with Crippen LogP contribution in [0.2, 0.25) is 0 Å². The summed E-state index contributed by atoms with van der Waals surface area (Å²) in [6, 6.07) is 23.9. The van der Waals surface area contributed by atoms with Gasteiger partial charge in [0.05, 0.1) is 0 Å². The number of nitrogens with one attached hydrogen (secondary N) is 2. The van der Waals surface area contributed by atoms with Gasteiger partial charge in [0, 0.05) is 11.3 Å². The number of hydrogen-bond acceptors (Lipinski definition) is 4. The topological polar surface area (TPSA) is 80.0 Å². The third kappa shape index (κ3) is 4.22. The molecule has 2 amide bonds. The SMILES string of the molecule is Cc1cccc(NC(=O)NC(c2ccccc2)c2nnc(-c3ccccc3)o2)c1C. The van der Waals surface area contributed by atoms with Crippen molar-refractivity contribution in [1.29, 1.82) is 0 Å². The predicted molar refractivity (Wildman–Crippen MR) is 116 cm³/mol. The third-order valence-electron chi connectivity index (χ3n) is 4.97. The Morgan fingerprint density at radius 2 is 1.57 bits per heavy atom. The van der Waals surface area contributed by atoms with E-state index >= 15 is 0 Å². The number of aryl methyl sites for hydroxylation is 1. The fraction of sp³-hybridized carbons (Fsp3) is 0.125. The Balaban J connectivity index is 1.61. The van der Waals surface area contributed by atoms with Gasteiger partial charge in [-0.25, -0.2) is 4.79 Å². The van der Waals surface area contributed by atoms with E-state index in [4.69, 9.17) is 4.42 Å². The van der Waals surface area contributed by atoms with E-state index in [1.54, 1.807) is 0 Å². The molecule has 150 valence electrons. The second-order valence-electron chi connectivity index (χ2n) is 7.00. The van der Waals surface area contributed by atoms with Crippen LogP contribution in [-0.4, -0.2) is 16.2 Å². The summed E-state index contributed by atoms with van der Waals surface area (Å²) >= 11 is 0. The standard InChI is InChI=1S/C24H22N4O2/c1-16-10-9-15-20(17(16)2)25-24(29)26-21(18-11-5-3-6-12-18)23-28-27-22(30-23)19-13-7-4-8-14-19/h3-15,21H,1-2H3,(H2,25,26,29). The van der Waals surface area contributed by atoms with Crippen LogP contribution in [0.25, 0.3) is 11.5 Å². The molecule has 0 radical (unpaired) electrons. The Morgan fingerprint density at radius 1 is 0.867 bits per heavy atom. The van der Waals surface area contributed by atoms with Gasteiger partial charge in [-0.1, -0.05) is 60.7 Å². The zero-order valence-electron chi connectivity index (χ0n) is 16.8. The van der Waals surface area contributed by atoms with E-state index in [-0.39, 0.29) is 6.03 Å². The number of hydrogen-bond donors (Lipinski definition) is 2. The molecule has 0 spiro atoms. The molecular weight excluding hydrogens is 376 g/mol. The van der Waals surface area contributed by atoms with Gasteiger partial charge < -0.3 is 15.1 Å². The Bertz CT molecular complexity index is 1140. The number of aromatic nitrogens is 2. The van der Waals surface area contributed by atoms with E-state index in [9.17, 15) is 4.79 Å². The van der Waals surface area contributed by atoms with Crippen LogP contribution in [0.5, 0.6) is 0 Å². The summed E-state index contributed by atoms with van der Waals surface area (Å²) < 4.78 is 5.92. The molecule has 0 aliphatic carbocycles. The average Bonchev–Trinajstić information content (AvgIpc) is 3.26. The maximum atomic E-state index is 12.8. The Hall–Kier alpha value is -3.93. The zero-order chi connectivity index (χ0) is 20.9. The lowest BCUT2D eigenvalue weighted by atomic mass is 10.1. The minimum absolute atomic E-state index is 0.316. The van der Waals surface area contributed by atoms with Crippen molar-refractivity contribution in [3.63, 3.8) is 0 Å². The van der Waals surface area contributed by atoms with Crippen LogP contribution in [0.4, 0.5) is 10.5 Å². The smallest absolute Gasteiger partial charge is 0.320 e. The lowest BCUT2D eigenvalue weighted by Gasteiger charge is -2.17. The number of carbonyl (C=O) groups is 1. The molecule has 4 rings (SSSR count). The summed E-state index contributed by atoms with van der Waals surface area (Å²) in [7, 11) is 0. The molecular formula is C24H22N4O2. The molecule has 0 saturated carbocycles. The van der Waals surface area contributed by atoms with Gasteiger partial charge in [-0.2, -0.15) is 0 Å². The molecule has 0 aliphatic heterocycles. The van der Waals surface area contributed by atoms with Gasteiger partial charge in [0.2, 0.25) is 11.8 Å². The maximum absolute atomic E-state index is 12.8. The van der Waals surface area contributed by atoms with Crippen molar-refractivity contribution < 1.29 is 9.21 Å². The number of carbonyl (C=O) groups excluding carboxylic acids is 1. The lowest BCUT2D eigenvalue weighted by molar-refractivity contribution is 0.248. The van der Waals surface area contributed by atoms with E-state index in [0.717, 1.165) is 27.9 Å². The molecule has 30 heavy (non-hydrogen) atoms. The Labute approximate surface area is 175 Å². The van der Waals surface area contributed by atoms with Crippen molar-refractivity contribution in [2.45, 2.75) is 19.9 Å². The molecule has 4 aromatic rings. The van der Waals surface area contributed by atoms with Crippen LogP contribution in [0, 0.1) is 13.8 Å². The summed E-state index contributed by atoms with van der Waals surface area (Å²) in [5.74, 6) is 0.722. The fourth-order valence-electron chi connectivity index (χ4n) is 3.16. The van der Waals surface area contributed by atoms with Crippen LogP contribution >= 0.6 is 0 Å². The molecule has 6 nitrogen and oxygen atoms in total. The number of urea groups is 1. The molecule has 1 aromatic heterocycles. The van der Waals surface area contributed by atoms with Crippen LogP contribution in [0.3, 0.4) is 0 Å². The van der Waals surface area contributed by atoms with Crippen molar-refractivity contribution in [3.05, 3.63) is 101 Å². The van der Waals surface area contributed by atoms with E-state index in [0.29, 0.717) is 11.8 Å². The maximum Gasteiger partial charge on any atom is 0.320 e. The summed E-state index contributed by atoms with van der Waals surface area (Å²) in [6.45, 7) is 3.98. The normalized spacial score (nSPS) is 11.7. The van der Waals surface area contributed by atoms with Crippen molar-refractivity contribution in [2.75, 3.05) is 5.32 Å². The van der Waals surface area contributed by atoms with E-state index in [1.165, 1.54) is 0 Å². The van der Waals surface area contributed by atoms with Gasteiger partial charge in [-0.3, -0.25) is 0 Å². The molecule has 2 N–H and O–H groups in total. The third-order valence-corrected chi connectivity index (χ3v) is 4.97. The first-order valence-corrected chi connectivity index (χ1v) is 9.69. The van der Waals surface area contributed by atoms with Gasteiger partial charge in [0.1, 0.15) is 6.04 Å². The van der Waals surface area contributed by atoms with Crippen LogP contribution in [-0.2, 0) is 0 Å². The summed E-state index contributed by atoms with van der Waals surface area (Å²) in [5.41, 5.74) is 4.56. The molecule has 1 unspecified atom stereocenters. The van der Waals surface area contributed by atoms with Gasteiger partial charge in [-0.05, 0) is 48.7 Å². The summed E-state index contributed by atoms with van der Waals surface area (Å²) in [6.07, 6.45) is 0. The van der Waals surface area contributed by atoms with Crippen LogP contribution in [0.15, 0.2) is 83.3 Å². The van der Waals surface area contributed by atoms with Crippen molar-refractivity contribution >= 4 is 11.7 Å². The molecule has 6 heteroatoms. The van der Waals surface area contributed by atoms with Gasteiger partial charge in [0.25, 0.3) is 0 Å². The minimum Gasteiger partial charge on any atom is -0.418 e. The van der Waals surface area contributed by atoms with Crippen molar-refractivity contribution in [3.8, 4) is 11.5 Å². The highest BCUT2D eigenvalue weighted by Crippen LogP contribution is 2.25. The molecule has 0 saturated heterocycles. The molecule has 1 atom stereocenters. The highest BCUT2D eigenvalue weighted by molar-refractivity contribution is 5.90. The first-order chi connectivity index (χ1) is 14.6. The lowest BCUT2D eigenvalue weighted by Crippen LogP contribution is -2.33. The van der Waals surface area contributed by atoms with E-state index in [1.807, 2.05) is 92.7 Å². The second-order valence-corrected chi connectivity index (χ2v) is 7.00. The van der Waals surface area contributed by atoms with E-state index in [2.05, 4.69) is 20.8 Å². The zero-order valence-corrected chi connectivity index (χ0v) is 16.8. The molecule has 0 aliphatic rings. The van der Waals surface area contributed by atoms with Crippen LogP contribution < -0.4 is 10.6 Å². The quantitative estimate of drug-likeness (QED) is 0.480. The van der Waals surface area contributed by atoms with Crippen LogP contribution in [0.1, 0.15) is 28.6 Å². The minimum atomic E-state index is -0.582. The fourth-order valence-corrected chi connectivity index (χ4v) is 3.16. The average molecular weight is 398 g/mol. The van der Waals surface area contributed by atoms with Gasteiger partial charge in [-0.15, -0.1) is 10.2 Å². The monoisotopic (exact) mass is 398 g/mol. The number of benzene rings is 3. The molecule has 0 bridgehead atoms. The molecule has 0 fully saturated rings. The largest absolute Gasteiger partial charge is 0.418 e. The second kappa shape index (κ2) is 8.61. The van der Waals surface area contributed by atoms with Gasteiger partial charge in [0.15, 0.2) is 0 Å². The van der Waals surface area contributed by atoms with Crippen molar-refractivity contribution in [1.82, 2.24) is 15.5 Å². The Morgan fingerprint density at radius 3 is 2.30 bits per heavy atom. The molecule has 3 aromatic carbocycles. The first-order valence-electron chi connectivity index (χ1n) is 9.69. The number of amides is 2. The predicted octanol–water partition coefficient (Wildman–Crippen LogP) is 5.26. The van der Waals surface area contributed by atoms with Gasteiger partial charge >= 0.3 is 6.03 Å². The first kappa shape index (κ1) is 19.4. The summed E-state index contributed by atoms with van der Waals surface area (Å²) in [5, 5.41) is 14.2. The van der Waals surface area contributed by atoms with Crippen molar-refractivity contribution in [2.24, 2.45) is 0 Å². The highest BCUT2D eigenvalue weighted by atomic mass is 16.4. The number of rotatable bonds is 5. The molecule has 1 heterocycles.